The Balaban J connectivity index is 2.10. The third kappa shape index (κ3) is 1.46. The van der Waals surface area contributed by atoms with Crippen LogP contribution in [-0.4, -0.2) is 17.1 Å². The molecule has 0 amide bonds. The van der Waals surface area contributed by atoms with E-state index in [4.69, 9.17) is 5.73 Å². The van der Waals surface area contributed by atoms with Crippen LogP contribution in [0.1, 0.15) is 38.5 Å². The highest BCUT2D eigenvalue weighted by atomic mass is 16.4. The molecule has 2 saturated carbocycles. The molecule has 0 aromatic rings. The van der Waals surface area contributed by atoms with E-state index in [0.29, 0.717) is 5.92 Å². The molecule has 0 aromatic carbocycles. The molecule has 3 N–H and O–H groups in total. The molecule has 0 spiro atoms. The van der Waals surface area contributed by atoms with Crippen molar-refractivity contribution in [3.63, 3.8) is 0 Å². The summed E-state index contributed by atoms with van der Waals surface area (Å²) in [5.74, 6) is -0.126. The van der Waals surface area contributed by atoms with Crippen LogP contribution in [0.5, 0.6) is 0 Å². The minimum absolute atomic E-state index is 0.242. The fourth-order valence-electron chi connectivity index (χ4n) is 2.59. The highest BCUT2D eigenvalue weighted by Gasteiger charge is 2.51. The molecular weight excluding hydrogens is 166 g/mol. The van der Waals surface area contributed by atoms with Gasteiger partial charge in [0.25, 0.3) is 0 Å². The Morgan fingerprint density at radius 2 is 1.77 bits per heavy atom. The fraction of sp³-hybridized carbons (Fsp3) is 0.900. The van der Waals surface area contributed by atoms with Crippen LogP contribution < -0.4 is 5.73 Å². The van der Waals surface area contributed by atoms with Crippen LogP contribution in [0, 0.1) is 11.3 Å². The lowest BCUT2D eigenvalue weighted by Crippen LogP contribution is -2.40. The summed E-state index contributed by atoms with van der Waals surface area (Å²) in [6.07, 6.45) is 5.61. The van der Waals surface area contributed by atoms with Gasteiger partial charge in [0.15, 0.2) is 0 Å². The van der Waals surface area contributed by atoms with Crippen LogP contribution in [0.15, 0.2) is 0 Å². The molecule has 2 fully saturated rings. The van der Waals surface area contributed by atoms with Crippen molar-refractivity contribution in [2.75, 3.05) is 0 Å². The second-order valence-electron chi connectivity index (χ2n) is 4.57. The molecule has 0 aliphatic heterocycles. The number of hydrogen-bond acceptors (Lipinski definition) is 2. The van der Waals surface area contributed by atoms with E-state index in [0.717, 1.165) is 38.5 Å². The molecule has 0 aromatic heterocycles. The number of carboxylic acids is 1. The normalized spacial score (nSPS) is 40.2. The van der Waals surface area contributed by atoms with E-state index < -0.39 is 11.4 Å². The predicted molar refractivity (Wildman–Crippen MR) is 49.2 cm³/mol. The van der Waals surface area contributed by atoms with Gasteiger partial charge in [-0.3, -0.25) is 4.79 Å². The number of carboxylic acid groups (broad SMARTS) is 1. The third-order valence-corrected chi connectivity index (χ3v) is 3.71. The first-order chi connectivity index (χ1) is 6.15. The topological polar surface area (TPSA) is 63.3 Å². The van der Waals surface area contributed by atoms with E-state index in [9.17, 15) is 9.90 Å². The predicted octanol–water partition coefficient (Wildman–Crippen LogP) is 1.37. The van der Waals surface area contributed by atoms with Crippen molar-refractivity contribution >= 4 is 5.97 Å². The summed E-state index contributed by atoms with van der Waals surface area (Å²) in [5, 5.41) is 9.24. The number of rotatable bonds is 2. The van der Waals surface area contributed by atoms with Gasteiger partial charge in [-0.1, -0.05) is 0 Å². The molecule has 0 bridgehead atoms. The van der Waals surface area contributed by atoms with Gasteiger partial charge in [0, 0.05) is 6.04 Å². The van der Waals surface area contributed by atoms with Gasteiger partial charge < -0.3 is 10.8 Å². The van der Waals surface area contributed by atoms with Crippen LogP contribution >= 0.6 is 0 Å². The number of hydrogen-bond donors (Lipinski definition) is 2. The lowest BCUT2D eigenvalue weighted by Gasteiger charge is -2.35. The minimum atomic E-state index is -0.582. The zero-order valence-corrected chi connectivity index (χ0v) is 7.83. The number of nitrogens with two attached hydrogens (primary N) is 1. The van der Waals surface area contributed by atoms with E-state index in [1.807, 2.05) is 0 Å². The van der Waals surface area contributed by atoms with Crippen molar-refractivity contribution in [3.8, 4) is 0 Å². The fourth-order valence-corrected chi connectivity index (χ4v) is 2.59. The van der Waals surface area contributed by atoms with Crippen LogP contribution in [0.4, 0.5) is 0 Å². The zero-order chi connectivity index (χ0) is 9.47. The number of aliphatic carboxylic acids is 1. The monoisotopic (exact) mass is 183 g/mol. The van der Waals surface area contributed by atoms with Crippen LogP contribution in [0.3, 0.4) is 0 Å². The Kier molecular flexibility index (Phi) is 2.06. The molecule has 0 saturated heterocycles. The third-order valence-electron chi connectivity index (χ3n) is 3.71. The quantitative estimate of drug-likeness (QED) is 0.679. The highest BCUT2D eigenvalue weighted by Crippen LogP contribution is 2.53. The SMILES string of the molecule is NC1CCC(C(=O)O)(C2CC2)CC1. The maximum atomic E-state index is 11.2. The van der Waals surface area contributed by atoms with Crippen molar-refractivity contribution < 1.29 is 9.90 Å². The summed E-state index contributed by atoms with van der Waals surface area (Å²) in [6, 6.07) is 0.242. The van der Waals surface area contributed by atoms with Gasteiger partial charge >= 0.3 is 5.97 Å². The van der Waals surface area contributed by atoms with Crippen molar-refractivity contribution in [3.05, 3.63) is 0 Å². The first kappa shape index (κ1) is 9.00. The van der Waals surface area contributed by atoms with Crippen molar-refractivity contribution in [2.24, 2.45) is 17.1 Å². The molecule has 74 valence electrons. The van der Waals surface area contributed by atoms with Crippen molar-refractivity contribution in [1.82, 2.24) is 0 Å². The molecule has 3 heteroatoms. The lowest BCUT2D eigenvalue weighted by molar-refractivity contribution is -0.152. The van der Waals surface area contributed by atoms with Gasteiger partial charge in [0.05, 0.1) is 5.41 Å². The van der Waals surface area contributed by atoms with Crippen LogP contribution in [0.2, 0.25) is 0 Å². The maximum Gasteiger partial charge on any atom is 0.309 e. The van der Waals surface area contributed by atoms with E-state index in [2.05, 4.69) is 0 Å². The average molecular weight is 183 g/mol. The Hall–Kier alpha value is -0.570. The van der Waals surface area contributed by atoms with E-state index >= 15 is 0 Å². The van der Waals surface area contributed by atoms with Gasteiger partial charge in [0.2, 0.25) is 0 Å². The summed E-state index contributed by atoms with van der Waals surface area (Å²) < 4.78 is 0. The van der Waals surface area contributed by atoms with Crippen molar-refractivity contribution in [1.29, 1.82) is 0 Å². The van der Waals surface area contributed by atoms with Gasteiger partial charge in [-0.15, -0.1) is 0 Å². The Labute approximate surface area is 78.3 Å². The first-order valence-electron chi connectivity index (χ1n) is 5.14. The molecule has 13 heavy (non-hydrogen) atoms. The van der Waals surface area contributed by atoms with Crippen LogP contribution in [0.25, 0.3) is 0 Å². The molecular formula is C10H17NO2. The zero-order valence-electron chi connectivity index (χ0n) is 7.83. The Bertz CT molecular complexity index is 215. The summed E-state index contributed by atoms with van der Waals surface area (Å²) in [6.45, 7) is 0. The second-order valence-corrected chi connectivity index (χ2v) is 4.57. The maximum absolute atomic E-state index is 11.2. The molecule has 2 rings (SSSR count). The second kappa shape index (κ2) is 2.98. The van der Waals surface area contributed by atoms with E-state index in [1.165, 1.54) is 0 Å². The molecule has 0 atom stereocenters. The minimum Gasteiger partial charge on any atom is -0.481 e. The Morgan fingerprint density at radius 3 is 2.15 bits per heavy atom. The van der Waals surface area contributed by atoms with Gasteiger partial charge in [-0.2, -0.15) is 0 Å². The van der Waals surface area contributed by atoms with E-state index in [-0.39, 0.29) is 6.04 Å². The standard InChI is InChI=1S/C10H17NO2/c11-8-3-5-10(6-4-8,9(12)13)7-1-2-7/h7-8H,1-6,11H2,(H,12,13). The molecule has 3 nitrogen and oxygen atoms in total. The smallest absolute Gasteiger partial charge is 0.309 e. The van der Waals surface area contributed by atoms with E-state index in [1.54, 1.807) is 0 Å². The molecule has 0 heterocycles. The highest BCUT2D eigenvalue weighted by molar-refractivity contribution is 5.75. The first-order valence-corrected chi connectivity index (χ1v) is 5.14. The largest absolute Gasteiger partial charge is 0.481 e. The Morgan fingerprint density at radius 1 is 1.23 bits per heavy atom. The van der Waals surface area contributed by atoms with Crippen molar-refractivity contribution in [2.45, 2.75) is 44.6 Å². The summed E-state index contributed by atoms with van der Waals surface area (Å²) in [4.78, 5) is 11.2. The van der Waals surface area contributed by atoms with Crippen LogP contribution in [-0.2, 0) is 4.79 Å². The molecule has 0 unspecified atom stereocenters. The lowest BCUT2D eigenvalue weighted by atomic mass is 9.69. The number of carbonyl (C=O) groups is 1. The summed E-state index contributed by atoms with van der Waals surface area (Å²) in [7, 11) is 0. The summed E-state index contributed by atoms with van der Waals surface area (Å²) >= 11 is 0. The van der Waals surface area contributed by atoms with Gasteiger partial charge in [-0.25, -0.2) is 0 Å². The molecule has 2 aliphatic carbocycles. The molecule has 0 radical (unpaired) electrons. The average Bonchev–Trinajstić information content (AvgIpc) is 2.88. The molecule has 2 aliphatic rings. The summed E-state index contributed by atoms with van der Waals surface area (Å²) in [5.41, 5.74) is 5.39. The van der Waals surface area contributed by atoms with Gasteiger partial charge in [-0.05, 0) is 44.4 Å². The van der Waals surface area contributed by atoms with Gasteiger partial charge in [0.1, 0.15) is 0 Å².